The van der Waals surface area contributed by atoms with Gasteiger partial charge in [-0.15, -0.1) is 0 Å². The van der Waals surface area contributed by atoms with Crippen molar-refractivity contribution in [1.29, 1.82) is 0 Å². The molecular weight excluding hydrogens is 252 g/mol. The molecule has 1 amide bonds. The van der Waals surface area contributed by atoms with Gasteiger partial charge < -0.3 is 11.1 Å². The molecule has 5 nitrogen and oxygen atoms in total. The quantitative estimate of drug-likeness (QED) is 0.766. The molecule has 0 aromatic heterocycles. The first-order valence-electron chi connectivity index (χ1n) is 6.49. The van der Waals surface area contributed by atoms with Gasteiger partial charge in [-0.05, 0) is 31.1 Å². The summed E-state index contributed by atoms with van der Waals surface area (Å²) < 4.78 is 24.4. The minimum atomic E-state index is -3.43. The molecule has 2 aliphatic carbocycles. The number of rotatable bonds is 4. The third-order valence-electron chi connectivity index (χ3n) is 4.11. The summed E-state index contributed by atoms with van der Waals surface area (Å²) in [5, 5.41) is 2.14. The zero-order valence-electron chi connectivity index (χ0n) is 11.0. The summed E-state index contributed by atoms with van der Waals surface area (Å²) in [5.74, 6) is -0.799. The number of hydrogen-bond donors (Lipinski definition) is 2. The highest BCUT2D eigenvalue weighted by atomic mass is 32.2. The molecule has 0 spiro atoms. The fourth-order valence-electron chi connectivity index (χ4n) is 2.55. The second-order valence-electron chi connectivity index (χ2n) is 6.24. The van der Waals surface area contributed by atoms with Crippen molar-refractivity contribution in [3.8, 4) is 0 Å². The van der Waals surface area contributed by atoms with Crippen LogP contribution < -0.4 is 11.1 Å². The first-order valence-corrected chi connectivity index (χ1v) is 8.20. The maximum absolute atomic E-state index is 12.2. The molecule has 2 saturated carbocycles. The topological polar surface area (TPSA) is 89.3 Å². The number of carbonyl (C=O) groups excluding carboxylic acids is 1. The first-order chi connectivity index (χ1) is 8.22. The Morgan fingerprint density at radius 1 is 1.33 bits per heavy atom. The minimum Gasteiger partial charge on any atom is -0.352 e. The van der Waals surface area contributed by atoms with Crippen LogP contribution in [0.25, 0.3) is 0 Å². The standard InChI is InChI=1S/C12H22N2O3S/c1-12(2)6-5-9(11(12)13)18(16,17)7-10(15)14-8-3-4-8/h8-9,11H,3-7,13H2,1-2H3,(H,14,15). The maximum atomic E-state index is 12.2. The summed E-state index contributed by atoms with van der Waals surface area (Å²) in [6, 6.07) is -0.183. The van der Waals surface area contributed by atoms with Crippen LogP contribution in [-0.4, -0.2) is 37.4 Å². The van der Waals surface area contributed by atoms with Gasteiger partial charge in [-0.3, -0.25) is 4.79 Å². The van der Waals surface area contributed by atoms with Gasteiger partial charge in [-0.1, -0.05) is 13.8 Å². The monoisotopic (exact) mass is 274 g/mol. The van der Waals surface area contributed by atoms with Crippen molar-refractivity contribution in [2.75, 3.05) is 5.75 Å². The molecule has 3 N–H and O–H groups in total. The Kier molecular flexibility index (Phi) is 3.44. The lowest BCUT2D eigenvalue weighted by Gasteiger charge is -2.26. The largest absolute Gasteiger partial charge is 0.352 e. The van der Waals surface area contributed by atoms with Crippen LogP contribution >= 0.6 is 0 Å². The molecular formula is C12H22N2O3S. The summed E-state index contributed by atoms with van der Waals surface area (Å²) >= 11 is 0. The van der Waals surface area contributed by atoms with E-state index in [0.717, 1.165) is 19.3 Å². The van der Waals surface area contributed by atoms with E-state index in [1.165, 1.54) is 0 Å². The Bertz CT molecular complexity index is 440. The number of hydrogen-bond acceptors (Lipinski definition) is 4. The highest BCUT2D eigenvalue weighted by Gasteiger charge is 2.46. The number of sulfone groups is 1. The highest BCUT2D eigenvalue weighted by Crippen LogP contribution is 2.39. The van der Waals surface area contributed by atoms with Crippen LogP contribution in [0.4, 0.5) is 0 Å². The van der Waals surface area contributed by atoms with Crippen LogP contribution in [0.15, 0.2) is 0 Å². The highest BCUT2D eigenvalue weighted by molar-refractivity contribution is 7.92. The van der Waals surface area contributed by atoms with Gasteiger partial charge in [0.1, 0.15) is 5.75 Å². The van der Waals surface area contributed by atoms with Crippen molar-refractivity contribution < 1.29 is 13.2 Å². The molecule has 2 atom stereocenters. The number of amides is 1. The Morgan fingerprint density at radius 3 is 2.39 bits per heavy atom. The maximum Gasteiger partial charge on any atom is 0.235 e. The molecule has 2 unspecified atom stereocenters. The van der Waals surface area contributed by atoms with Gasteiger partial charge in [0.25, 0.3) is 0 Å². The smallest absolute Gasteiger partial charge is 0.235 e. The van der Waals surface area contributed by atoms with Crippen LogP contribution in [0.2, 0.25) is 0 Å². The zero-order chi connectivity index (χ0) is 13.6. The summed E-state index contributed by atoms with van der Waals surface area (Å²) in [5.41, 5.74) is 5.86. The van der Waals surface area contributed by atoms with E-state index in [0.29, 0.717) is 6.42 Å². The number of carbonyl (C=O) groups is 1. The third kappa shape index (κ3) is 2.85. The van der Waals surface area contributed by atoms with E-state index in [2.05, 4.69) is 5.32 Å². The summed E-state index contributed by atoms with van der Waals surface area (Å²) in [6.45, 7) is 3.97. The van der Waals surface area contributed by atoms with Crippen molar-refractivity contribution in [2.45, 2.75) is 56.9 Å². The van der Waals surface area contributed by atoms with Gasteiger partial charge >= 0.3 is 0 Å². The second kappa shape index (κ2) is 4.49. The molecule has 0 aromatic carbocycles. The molecule has 0 aliphatic heterocycles. The zero-order valence-corrected chi connectivity index (χ0v) is 11.8. The lowest BCUT2D eigenvalue weighted by Crippen LogP contribution is -2.46. The van der Waals surface area contributed by atoms with Crippen LogP contribution in [0.1, 0.15) is 39.5 Å². The molecule has 0 aromatic rings. The predicted octanol–water partition coefficient (Wildman–Crippen LogP) is 0.196. The van der Waals surface area contributed by atoms with Crippen molar-refractivity contribution in [1.82, 2.24) is 5.32 Å². The van der Waals surface area contributed by atoms with Gasteiger partial charge in [0.05, 0.1) is 5.25 Å². The SMILES string of the molecule is CC1(C)CCC(S(=O)(=O)CC(=O)NC2CC2)C1N. The molecule has 2 rings (SSSR count). The first kappa shape index (κ1) is 13.8. The van der Waals surface area contributed by atoms with Gasteiger partial charge in [0.2, 0.25) is 5.91 Å². The molecule has 0 heterocycles. The van der Waals surface area contributed by atoms with Crippen LogP contribution in [0, 0.1) is 5.41 Å². The fraction of sp³-hybridized carbons (Fsp3) is 0.917. The third-order valence-corrected chi connectivity index (χ3v) is 6.23. The average Bonchev–Trinajstić information content (AvgIpc) is 2.94. The van der Waals surface area contributed by atoms with E-state index in [4.69, 9.17) is 5.73 Å². The van der Waals surface area contributed by atoms with Gasteiger partial charge in [0.15, 0.2) is 9.84 Å². The molecule has 0 radical (unpaired) electrons. The lowest BCUT2D eigenvalue weighted by atomic mass is 9.88. The molecule has 104 valence electrons. The summed E-state index contributed by atoms with van der Waals surface area (Å²) in [4.78, 5) is 11.6. The minimum absolute atomic E-state index is 0.162. The van der Waals surface area contributed by atoms with Crippen LogP contribution in [0.3, 0.4) is 0 Å². The predicted molar refractivity (Wildman–Crippen MR) is 69.7 cm³/mol. The second-order valence-corrected chi connectivity index (χ2v) is 8.46. The lowest BCUT2D eigenvalue weighted by molar-refractivity contribution is -0.118. The summed E-state index contributed by atoms with van der Waals surface area (Å²) in [6.07, 6.45) is 3.28. The Hall–Kier alpha value is -0.620. The van der Waals surface area contributed by atoms with Gasteiger partial charge in [0, 0.05) is 12.1 Å². The normalized spacial score (nSPS) is 31.3. The fourth-order valence-corrected chi connectivity index (χ4v) is 4.51. The van der Waals surface area contributed by atoms with E-state index < -0.39 is 20.8 Å². The Balaban J connectivity index is 2.00. The number of nitrogens with one attached hydrogen (secondary N) is 1. The van der Waals surface area contributed by atoms with Gasteiger partial charge in [-0.2, -0.15) is 0 Å². The van der Waals surface area contributed by atoms with Crippen molar-refractivity contribution >= 4 is 15.7 Å². The molecule has 2 fully saturated rings. The average molecular weight is 274 g/mol. The van der Waals surface area contributed by atoms with Crippen molar-refractivity contribution in [3.05, 3.63) is 0 Å². The number of nitrogens with two attached hydrogens (primary N) is 1. The van der Waals surface area contributed by atoms with Crippen molar-refractivity contribution in [3.63, 3.8) is 0 Å². The molecule has 6 heteroatoms. The van der Waals surface area contributed by atoms with Gasteiger partial charge in [-0.25, -0.2) is 8.42 Å². The molecule has 18 heavy (non-hydrogen) atoms. The van der Waals surface area contributed by atoms with Crippen LogP contribution in [0.5, 0.6) is 0 Å². The van der Waals surface area contributed by atoms with E-state index in [9.17, 15) is 13.2 Å². The Morgan fingerprint density at radius 2 is 1.94 bits per heavy atom. The van der Waals surface area contributed by atoms with E-state index in [1.54, 1.807) is 0 Å². The van der Waals surface area contributed by atoms with Crippen molar-refractivity contribution in [2.24, 2.45) is 11.1 Å². The molecule has 2 aliphatic rings. The molecule has 0 bridgehead atoms. The van der Waals surface area contributed by atoms with Crippen LogP contribution in [-0.2, 0) is 14.6 Å². The van der Waals surface area contributed by atoms with E-state index in [1.807, 2.05) is 13.8 Å². The van der Waals surface area contributed by atoms with E-state index in [-0.39, 0.29) is 23.4 Å². The van der Waals surface area contributed by atoms with E-state index >= 15 is 0 Å². The Labute approximate surface area is 108 Å². The molecule has 0 saturated heterocycles. The summed E-state index contributed by atoms with van der Waals surface area (Å²) in [7, 11) is -3.43.